The minimum atomic E-state index is -0.795. The number of nitrogens with zero attached hydrogens (tertiary/aromatic N) is 1. The third-order valence-corrected chi connectivity index (χ3v) is 2.79. The molecule has 1 rings (SSSR count). The molecule has 0 fully saturated rings. The first-order valence-electron chi connectivity index (χ1n) is 6.56. The minimum absolute atomic E-state index is 0.0984. The molecule has 0 aliphatic heterocycles. The number of nitrogens with one attached hydrogen (secondary N) is 2. The number of aromatic amines is 1. The molecule has 1 aromatic heterocycles. The van der Waals surface area contributed by atoms with Crippen LogP contribution in [0.4, 0.5) is 0 Å². The van der Waals surface area contributed by atoms with Crippen LogP contribution in [0.3, 0.4) is 0 Å². The number of amides is 1. The highest BCUT2D eigenvalue weighted by Gasteiger charge is 2.18. The van der Waals surface area contributed by atoms with Crippen molar-refractivity contribution in [1.29, 1.82) is 0 Å². The van der Waals surface area contributed by atoms with Gasteiger partial charge in [0.15, 0.2) is 0 Å². The largest absolute Gasteiger partial charge is 0.494 e. The zero-order valence-electron chi connectivity index (χ0n) is 12.2. The van der Waals surface area contributed by atoms with Crippen LogP contribution in [0.1, 0.15) is 39.2 Å². The molecule has 0 spiro atoms. The standard InChI is InChI=1S/C13H21N3O4/c1-7(2)5-14-9(17)6-16-12(19)10(8(3)4)11(18)15-13(16)20/h7-8,19H,5-6H2,1-4H3,(H,14,17)(H,15,18,20). The number of hydrogen-bond donors (Lipinski definition) is 3. The number of aromatic nitrogens is 2. The molecule has 0 saturated heterocycles. The van der Waals surface area contributed by atoms with Gasteiger partial charge in [0.2, 0.25) is 11.8 Å². The van der Waals surface area contributed by atoms with Gasteiger partial charge in [0.1, 0.15) is 6.54 Å². The molecule has 0 atom stereocenters. The third kappa shape index (κ3) is 3.72. The van der Waals surface area contributed by atoms with Crippen LogP contribution in [0.5, 0.6) is 5.88 Å². The third-order valence-electron chi connectivity index (χ3n) is 2.79. The molecule has 1 heterocycles. The van der Waals surface area contributed by atoms with Crippen LogP contribution in [-0.2, 0) is 11.3 Å². The molecule has 112 valence electrons. The summed E-state index contributed by atoms with van der Waals surface area (Å²) in [6, 6.07) is 0. The first-order chi connectivity index (χ1) is 9.23. The number of aromatic hydroxyl groups is 1. The van der Waals surface area contributed by atoms with Gasteiger partial charge in [-0.1, -0.05) is 27.7 Å². The predicted octanol–water partition coefficient (Wildman–Crippen LogP) is 0.138. The van der Waals surface area contributed by atoms with Gasteiger partial charge in [0, 0.05) is 6.54 Å². The Bertz CT molecular complexity index is 599. The minimum Gasteiger partial charge on any atom is -0.494 e. The van der Waals surface area contributed by atoms with Crippen LogP contribution < -0.4 is 16.6 Å². The maximum Gasteiger partial charge on any atom is 0.331 e. The number of H-pyrrole nitrogens is 1. The van der Waals surface area contributed by atoms with Crippen molar-refractivity contribution >= 4 is 5.91 Å². The number of hydrogen-bond acceptors (Lipinski definition) is 4. The van der Waals surface area contributed by atoms with Crippen LogP contribution in [-0.4, -0.2) is 27.1 Å². The van der Waals surface area contributed by atoms with Gasteiger partial charge in [-0.25, -0.2) is 4.79 Å². The molecule has 7 heteroatoms. The second-order valence-electron chi connectivity index (χ2n) is 5.44. The summed E-state index contributed by atoms with van der Waals surface area (Å²) in [5, 5.41) is 12.7. The summed E-state index contributed by atoms with van der Waals surface area (Å²) in [5.41, 5.74) is -1.32. The highest BCUT2D eigenvalue weighted by atomic mass is 16.3. The van der Waals surface area contributed by atoms with Gasteiger partial charge >= 0.3 is 5.69 Å². The molecule has 0 unspecified atom stereocenters. The Morgan fingerprint density at radius 2 is 1.90 bits per heavy atom. The Hall–Kier alpha value is -2.05. The van der Waals surface area contributed by atoms with Crippen molar-refractivity contribution in [3.8, 4) is 5.88 Å². The lowest BCUT2D eigenvalue weighted by Crippen LogP contribution is -2.38. The molecule has 0 radical (unpaired) electrons. The van der Waals surface area contributed by atoms with Crippen molar-refractivity contribution in [1.82, 2.24) is 14.9 Å². The predicted molar refractivity (Wildman–Crippen MR) is 74.9 cm³/mol. The molecular formula is C13H21N3O4. The van der Waals surface area contributed by atoms with Gasteiger partial charge in [-0.05, 0) is 11.8 Å². The van der Waals surface area contributed by atoms with Crippen molar-refractivity contribution in [2.45, 2.75) is 40.2 Å². The fourth-order valence-corrected chi connectivity index (χ4v) is 1.76. The van der Waals surface area contributed by atoms with Gasteiger partial charge in [-0.3, -0.25) is 19.1 Å². The van der Waals surface area contributed by atoms with E-state index in [1.165, 1.54) is 0 Å². The Morgan fingerprint density at radius 1 is 1.30 bits per heavy atom. The van der Waals surface area contributed by atoms with E-state index in [-0.39, 0.29) is 23.9 Å². The van der Waals surface area contributed by atoms with Gasteiger partial charge in [-0.15, -0.1) is 0 Å². The van der Waals surface area contributed by atoms with E-state index in [1.807, 2.05) is 13.8 Å². The van der Waals surface area contributed by atoms with Crippen molar-refractivity contribution in [2.24, 2.45) is 5.92 Å². The molecular weight excluding hydrogens is 262 g/mol. The molecule has 1 aromatic rings. The topological polar surface area (TPSA) is 104 Å². The van der Waals surface area contributed by atoms with E-state index >= 15 is 0 Å². The Kier molecular flexibility index (Phi) is 5.12. The maximum absolute atomic E-state index is 11.7. The summed E-state index contributed by atoms with van der Waals surface area (Å²) in [6.07, 6.45) is 0. The zero-order chi connectivity index (χ0) is 15.4. The van der Waals surface area contributed by atoms with Crippen molar-refractivity contribution in [2.75, 3.05) is 6.54 Å². The summed E-state index contributed by atoms with van der Waals surface area (Å²) in [6.45, 7) is 7.49. The molecule has 1 amide bonds. The average molecular weight is 283 g/mol. The molecule has 0 saturated carbocycles. The normalized spacial score (nSPS) is 11.1. The van der Waals surface area contributed by atoms with E-state index in [4.69, 9.17) is 0 Å². The van der Waals surface area contributed by atoms with Crippen LogP contribution in [0.2, 0.25) is 0 Å². The molecule has 7 nitrogen and oxygen atoms in total. The van der Waals surface area contributed by atoms with Crippen molar-refractivity contribution in [3.63, 3.8) is 0 Å². The highest BCUT2D eigenvalue weighted by molar-refractivity contribution is 5.75. The molecule has 0 bridgehead atoms. The number of rotatable bonds is 5. The van der Waals surface area contributed by atoms with Gasteiger partial charge < -0.3 is 10.4 Å². The lowest BCUT2D eigenvalue weighted by molar-refractivity contribution is -0.122. The van der Waals surface area contributed by atoms with Crippen LogP contribution in [0, 0.1) is 5.92 Å². The van der Waals surface area contributed by atoms with E-state index in [0.29, 0.717) is 6.54 Å². The van der Waals surface area contributed by atoms with E-state index < -0.39 is 23.0 Å². The maximum atomic E-state index is 11.7. The summed E-state index contributed by atoms with van der Waals surface area (Å²) >= 11 is 0. The Labute approximate surface area is 116 Å². The Morgan fingerprint density at radius 3 is 2.40 bits per heavy atom. The van der Waals surface area contributed by atoms with Gasteiger partial charge in [0.05, 0.1) is 5.56 Å². The first-order valence-corrected chi connectivity index (χ1v) is 6.56. The lowest BCUT2D eigenvalue weighted by atomic mass is 10.1. The summed E-state index contributed by atoms with van der Waals surface area (Å²) in [5.74, 6) is -0.818. The van der Waals surface area contributed by atoms with Crippen LogP contribution in [0.25, 0.3) is 0 Å². The van der Waals surface area contributed by atoms with E-state index in [0.717, 1.165) is 4.57 Å². The van der Waals surface area contributed by atoms with Crippen molar-refractivity contribution < 1.29 is 9.90 Å². The SMILES string of the molecule is CC(C)CNC(=O)Cn1c(O)c(C(C)C)c(=O)[nH]c1=O. The van der Waals surface area contributed by atoms with Crippen LogP contribution in [0.15, 0.2) is 9.59 Å². The average Bonchev–Trinajstić information content (AvgIpc) is 2.31. The fourth-order valence-electron chi connectivity index (χ4n) is 1.76. The molecule has 0 aliphatic rings. The van der Waals surface area contributed by atoms with Gasteiger partial charge in [-0.2, -0.15) is 0 Å². The van der Waals surface area contributed by atoms with Crippen LogP contribution >= 0.6 is 0 Å². The van der Waals surface area contributed by atoms with E-state index in [9.17, 15) is 19.5 Å². The van der Waals surface area contributed by atoms with Gasteiger partial charge in [0.25, 0.3) is 5.56 Å². The zero-order valence-corrected chi connectivity index (χ0v) is 12.2. The molecule has 0 aliphatic carbocycles. The second-order valence-corrected chi connectivity index (χ2v) is 5.44. The second kappa shape index (κ2) is 6.40. The van der Waals surface area contributed by atoms with E-state index in [1.54, 1.807) is 13.8 Å². The smallest absolute Gasteiger partial charge is 0.331 e. The molecule has 3 N–H and O–H groups in total. The number of carbonyl (C=O) groups is 1. The lowest BCUT2D eigenvalue weighted by Gasteiger charge is -2.13. The molecule has 20 heavy (non-hydrogen) atoms. The Balaban J connectivity index is 3.07. The summed E-state index contributed by atoms with van der Waals surface area (Å²) in [4.78, 5) is 37.1. The summed E-state index contributed by atoms with van der Waals surface area (Å²) < 4.78 is 0.867. The number of carbonyl (C=O) groups excluding carboxylic acids is 1. The molecule has 0 aromatic carbocycles. The van der Waals surface area contributed by atoms with Crippen molar-refractivity contribution in [3.05, 3.63) is 26.4 Å². The van der Waals surface area contributed by atoms with E-state index in [2.05, 4.69) is 10.3 Å². The fraction of sp³-hybridized carbons (Fsp3) is 0.615. The summed E-state index contributed by atoms with van der Waals surface area (Å²) in [7, 11) is 0. The first kappa shape index (κ1) is 16.0. The highest BCUT2D eigenvalue weighted by Crippen LogP contribution is 2.19. The monoisotopic (exact) mass is 283 g/mol. The quantitative estimate of drug-likeness (QED) is 0.714.